The van der Waals surface area contributed by atoms with Gasteiger partial charge in [0.25, 0.3) is 0 Å². The van der Waals surface area contributed by atoms with Crippen molar-refractivity contribution in [3.8, 4) is 0 Å². The van der Waals surface area contributed by atoms with Gasteiger partial charge in [-0.25, -0.2) is 4.79 Å². The third-order valence-corrected chi connectivity index (χ3v) is 3.27. The van der Waals surface area contributed by atoms with E-state index in [0.29, 0.717) is 5.32 Å². The van der Waals surface area contributed by atoms with E-state index in [1.165, 1.54) is 0 Å². The lowest BCUT2D eigenvalue weighted by Crippen LogP contribution is -2.63. The average molecular weight is 457 g/mol. The third-order valence-electron chi connectivity index (χ3n) is 2.40. The van der Waals surface area contributed by atoms with Crippen LogP contribution in [0.15, 0.2) is 12.4 Å². The third kappa shape index (κ3) is 6.51. The van der Waals surface area contributed by atoms with E-state index in [0.717, 1.165) is 0 Å². The lowest BCUT2D eigenvalue weighted by molar-refractivity contribution is -0.353. The molecule has 0 aromatic heterocycles. The van der Waals surface area contributed by atoms with Crippen LogP contribution >= 0.6 is 0 Å². The van der Waals surface area contributed by atoms with Crippen LogP contribution in [0, 0.1) is 0 Å². The first-order valence-electron chi connectivity index (χ1n) is 6.14. The highest BCUT2D eigenvalue weighted by molar-refractivity contribution is 7.86. The van der Waals surface area contributed by atoms with Gasteiger partial charge in [-0.05, 0) is 0 Å². The molecule has 0 aromatic carbocycles. The summed E-state index contributed by atoms with van der Waals surface area (Å²) in [5.74, 6) is -13.6. The van der Waals surface area contributed by atoms with Gasteiger partial charge in [-0.2, -0.15) is 47.9 Å². The molecular weight excluding hydrogens is 449 g/mol. The molecule has 0 aromatic rings. The van der Waals surface area contributed by atoms with Gasteiger partial charge < -0.3 is 14.8 Å². The van der Waals surface area contributed by atoms with Gasteiger partial charge in [0.05, 0.1) is 0 Å². The fraction of sp³-hybridized carbons (Fsp3) is 0.600. The molecule has 0 aliphatic carbocycles. The number of rotatable bonds is 8. The quantitative estimate of drug-likeness (QED) is 0.186. The fourth-order valence-electron chi connectivity index (χ4n) is 1.15. The smallest absolute Gasteiger partial charge is 0.410 e. The molecule has 18 heteroatoms. The van der Waals surface area contributed by atoms with E-state index in [-0.39, 0.29) is 0 Å². The number of carbonyl (C=O) groups is 2. The van der Waals surface area contributed by atoms with Crippen LogP contribution in [0.5, 0.6) is 0 Å². The minimum atomic E-state index is -6.45. The maximum absolute atomic E-state index is 13.2. The Labute approximate surface area is 149 Å². The summed E-state index contributed by atoms with van der Waals surface area (Å²) < 4.78 is 150. The Morgan fingerprint density at radius 2 is 1.50 bits per heavy atom. The summed E-state index contributed by atoms with van der Waals surface area (Å²) in [5, 5.41) is -5.05. The van der Waals surface area contributed by atoms with Crippen molar-refractivity contribution in [3.63, 3.8) is 0 Å². The van der Waals surface area contributed by atoms with Crippen molar-refractivity contribution in [2.24, 2.45) is 0 Å². The van der Waals surface area contributed by atoms with E-state index in [2.05, 4.69) is 16.1 Å². The Bertz CT molecular complexity index is 731. The highest BCUT2D eigenvalue weighted by Gasteiger charge is 2.68. The molecule has 0 saturated heterocycles. The second kappa shape index (κ2) is 8.11. The van der Waals surface area contributed by atoms with Gasteiger partial charge in [-0.3, -0.25) is 9.35 Å². The molecule has 0 heterocycles. The summed E-state index contributed by atoms with van der Waals surface area (Å²) in [4.78, 5) is 22.5. The molecule has 0 rings (SSSR count). The minimum absolute atomic E-state index is 0.494. The summed E-state index contributed by atoms with van der Waals surface area (Å²) in [5.41, 5.74) is 0. The van der Waals surface area contributed by atoms with E-state index >= 15 is 0 Å². The van der Waals surface area contributed by atoms with Crippen LogP contribution in [0.4, 0.5) is 39.5 Å². The van der Waals surface area contributed by atoms with Crippen molar-refractivity contribution >= 4 is 22.0 Å². The number of halogens is 9. The second-order valence-corrected chi connectivity index (χ2v) is 6.16. The van der Waals surface area contributed by atoms with Gasteiger partial charge in [0.1, 0.15) is 13.2 Å². The van der Waals surface area contributed by atoms with Crippen molar-refractivity contribution in [1.82, 2.24) is 5.32 Å². The Balaban J connectivity index is 6.17. The van der Waals surface area contributed by atoms with Crippen molar-refractivity contribution in [3.05, 3.63) is 12.4 Å². The normalized spacial score (nSPS) is 15.5. The van der Waals surface area contributed by atoms with E-state index in [1.807, 2.05) is 0 Å². The molecule has 1 atom stereocenters. The highest BCUT2D eigenvalue weighted by Crippen LogP contribution is 2.38. The van der Waals surface area contributed by atoms with E-state index in [1.54, 1.807) is 0 Å². The number of ether oxygens (including phenoxy) is 2. The zero-order chi connectivity index (χ0) is 22.8. The van der Waals surface area contributed by atoms with Crippen LogP contribution in [-0.2, 0) is 29.2 Å². The molecule has 164 valence electrons. The first-order valence-corrected chi connectivity index (χ1v) is 7.58. The van der Waals surface area contributed by atoms with Crippen LogP contribution in [0.25, 0.3) is 0 Å². The van der Waals surface area contributed by atoms with Crippen molar-refractivity contribution in [1.29, 1.82) is 0 Å². The summed E-state index contributed by atoms with van der Waals surface area (Å²) in [6, 6.07) is 0. The molecule has 8 nitrogen and oxygen atoms in total. The predicted octanol–water partition coefficient (Wildman–Crippen LogP) is 1.45. The van der Waals surface area contributed by atoms with Gasteiger partial charge in [0.15, 0.2) is 0 Å². The lowest BCUT2D eigenvalue weighted by atomic mass is 10.2. The summed E-state index contributed by atoms with van der Waals surface area (Å²) in [7, 11) is -6.45. The Hall–Kier alpha value is -2.08. The lowest BCUT2D eigenvalue weighted by Gasteiger charge is -2.33. The van der Waals surface area contributed by atoms with Crippen LogP contribution in [0.2, 0.25) is 0 Å². The minimum Gasteiger partial charge on any atom is -0.410 e. The van der Waals surface area contributed by atoms with E-state index in [4.69, 9.17) is 4.55 Å². The van der Waals surface area contributed by atoms with Gasteiger partial charge in [0, 0.05) is 0 Å². The molecule has 0 aliphatic heterocycles. The molecule has 0 bridgehead atoms. The number of hydrogen-bond acceptors (Lipinski definition) is 6. The van der Waals surface area contributed by atoms with Crippen LogP contribution in [-0.4, -0.2) is 61.4 Å². The Morgan fingerprint density at radius 1 is 1.04 bits per heavy atom. The highest BCUT2D eigenvalue weighted by atomic mass is 32.2. The number of nitrogens with one attached hydrogen (secondary N) is 1. The maximum Gasteiger partial charge on any atom is 0.466 e. The van der Waals surface area contributed by atoms with Gasteiger partial charge in [-0.1, -0.05) is 6.58 Å². The van der Waals surface area contributed by atoms with Crippen LogP contribution in [0.3, 0.4) is 0 Å². The maximum atomic E-state index is 13.2. The summed E-state index contributed by atoms with van der Waals surface area (Å²) in [6.45, 7) is -3.41. The van der Waals surface area contributed by atoms with Crippen molar-refractivity contribution < 1.29 is 71.5 Å². The number of hydrogen-bond donors (Lipinski definition) is 2. The van der Waals surface area contributed by atoms with Crippen molar-refractivity contribution in [2.75, 3.05) is 13.2 Å². The zero-order valence-electron chi connectivity index (χ0n) is 12.8. The molecule has 1 unspecified atom stereocenters. The molecule has 0 radical (unpaired) electrons. The fourth-order valence-corrected chi connectivity index (χ4v) is 1.36. The molecule has 2 N–H and O–H groups in total. The van der Waals surface area contributed by atoms with Gasteiger partial charge >= 0.3 is 45.4 Å². The second-order valence-electron chi connectivity index (χ2n) is 4.61. The number of esters is 1. The topological polar surface area (TPSA) is 119 Å². The van der Waals surface area contributed by atoms with Crippen molar-refractivity contribution in [2.45, 2.75) is 23.4 Å². The standard InChI is InChI=1S/C10H8F9NO7S/c1-4(11)5(21)27-9(10(17,18)19,6(22)20-2-7(12,13)14)26-3-8(15,16)28(23,24)25/h1-3H2,(H,20,22)(H,23,24,25). The molecule has 0 saturated carbocycles. The summed E-state index contributed by atoms with van der Waals surface area (Å²) >= 11 is 0. The van der Waals surface area contributed by atoms with E-state index in [9.17, 15) is 57.5 Å². The van der Waals surface area contributed by atoms with Gasteiger partial charge in [0.2, 0.25) is 5.83 Å². The average Bonchev–Trinajstić information content (AvgIpc) is 2.45. The monoisotopic (exact) mass is 457 g/mol. The molecule has 1 amide bonds. The van der Waals surface area contributed by atoms with E-state index < -0.39 is 64.4 Å². The first kappa shape index (κ1) is 25.9. The van der Waals surface area contributed by atoms with Gasteiger partial charge in [-0.15, -0.1) is 0 Å². The molecule has 0 aliphatic rings. The molecular formula is C10H8F9NO7S. The number of carbonyl (C=O) groups excluding carboxylic acids is 2. The molecule has 0 spiro atoms. The zero-order valence-corrected chi connectivity index (χ0v) is 13.6. The number of amides is 1. The number of alkyl halides is 8. The predicted molar refractivity (Wildman–Crippen MR) is 66.6 cm³/mol. The van der Waals surface area contributed by atoms with Crippen LogP contribution in [0.1, 0.15) is 0 Å². The van der Waals surface area contributed by atoms with Crippen LogP contribution < -0.4 is 5.32 Å². The largest absolute Gasteiger partial charge is 0.466 e. The SMILES string of the molecule is C=C(F)C(=O)OC(OCC(F)(F)S(=O)(=O)O)(C(=O)NCC(F)(F)F)C(F)(F)F. The Morgan fingerprint density at radius 3 is 1.82 bits per heavy atom. The summed E-state index contributed by atoms with van der Waals surface area (Å²) in [6.07, 6.45) is -11.8. The molecule has 28 heavy (non-hydrogen) atoms. The Kier molecular flexibility index (Phi) is 7.51. The first-order chi connectivity index (χ1) is 12.2. The molecule has 0 fully saturated rings.